The van der Waals surface area contributed by atoms with E-state index in [0.29, 0.717) is 11.4 Å². The zero-order valence-electron chi connectivity index (χ0n) is 13.4. The Bertz CT molecular complexity index is 824. The van der Waals surface area contributed by atoms with Gasteiger partial charge in [-0.2, -0.15) is 0 Å². The fourth-order valence-corrected chi connectivity index (χ4v) is 3.10. The first-order chi connectivity index (χ1) is 11.7. The van der Waals surface area contributed by atoms with E-state index >= 15 is 0 Å². The third kappa shape index (κ3) is 3.52. The molecular weight excluding hydrogens is 322 g/mol. The number of methoxy groups -OCH3 is 1. The van der Waals surface area contributed by atoms with Crippen molar-refractivity contribution in [3.8, 4) is 5.75 Å². The van der Waals surface area contributed by atoms with Crippen LogP contribution in [0.25, 0.3) is 5.03 Å². The van der Waals surface area contributed by atoms with Gasteiger partial charge in [0.1, 0.15) is 5.75 Å². The van der Waals surface area contributed by atoms with E-state index in [0.717, 1.165) is 29.0 Å². The molecule has 4 heteroatoms. The van der Waals surface area contributed by atoms with Crippen LogP contribution >= 0.6 is 11.6 Å². The maximum absolute atomic E-state index is 12.2. The van der Waals surface area contributed by atoms with E-state index in [2.05, 4.69) is 11.4 Å². The topological polar surface area (TPSA) is 38.3 Å². The molecule has 0 heterocycles. The number of anilines is 1. The van der Waals surface area contributed by atoms with Crippen molar-refractivity contribution in [3.05, 3.63) is 77.4 Å². The molecule has 1 aliphatic carbocycles. The largest absolute Gasteiger partial charge is 0.495 e. The average Bonchev–Trinajstić information content (AvgIpc) is 2.62. The second-order valence-corrected chi connectivity index (χ2v) is 5.90. The Labute approximate surface area is 146 Å². The number of fused-ring (bicyclic) bond motifs is 1. The van der Waals surface area contributed by atoms with Gasteiger partial charge in [0.05, 0.1) is 17.8 Å². The summed E-state index contributed by atoms with van der Waals surface area (Å²) in [5, 5.41) is 3.54. The van der Waals surface area contributed by atoms with Gasteiger partial charge in [0, 0.05) is 6.08 Å². The van der Waals surface area contributed by atoms with Crippen molar-refractivity contribution in [3.63, 3.8) is 0 Å². The number of carbonyl (C=O) groups excluding carboxylic acids is 1. The first-order valence-electron chi connectivity index (χ1n) is 7.78. The summed E-state index contributed by atoms with van der Waals surface area (Å²) in [5.41, 5.74) is 3.92. The highest BCUT2D eigenvalue weighted by Gasteiger charge is 2.15. The smallest absolute Gasteiger partial charge is 0.248 e. The average molecular weight is 340 g/mol. The summed E-state index contributed by atoms with van der Waals surface area (Å²) < 4.78 is 5.23. The van der Waals surface area contributed by atoms with Crippen LogP contribution in [-0.4, -0.2) is 13.0 Å². The van der Waals surface area contributed by atoms with Gasteiger partial charge in [0.15, 0.2) is 0 Å². The van der Waals surface area contributed by atoms with Gasteiger partial charge < -0.3 is 10.1 Å². The molecule has 0 aliphatic heterocycles. The minimum atomic E-state index is -0.213. The van der Waals surface area contributed by atoms with Crippen LogP contribution in [0.2, 0.25) is 0 Å². The van der Waals surface area contributed by atoms with E-state index in [-0.39, 0.29) is 5.91 Å². The quantitative estimate of drug-likeness (QED) is 0.813. The molecule has 0 unspecified atom stereocenters. The van der Waals surface area contributed by atoms with Crippen LogP contribution in [0.5, 0.6) is 5.75 Å². The molecule has 0 bridgehead atoms. The number of hydrogen-bond donors (Lipinski definition) is 1. The summed E-state index contributed by atoms with van der Waals surface area (Å²) >= 11 is 6.48. The SMILES string of the molecule is COc1ccccc1NC(=O)C=CC1=C(Cl)c2ccccc2CC1. The standard InChI is InChI=1S/C20H18ClNO2/c1-24-18-9-5-4-8-17(18)22-19(23)13-12-15-11-10-14-6-2-3-7-16(14)20(15)21/h2-9,12-13H,10-11H2,1H3,(H,22,23). The number of carbonyl (C=O) groups is 1. The highest BCUT2D eigenvalue weighted by molar-refractivity contribution is 6.49. The van der Waals surface area contributed by atoms with E-state index in [1.807, 2.05) is 30.3 Å². The molecule has 0 saturated carbocycles. The predicted molar refractivity (Wildman–Crippen MR) is 98.3 cm³/mol. The third-order valence-electron chi connectivity index (χ3n) is 4.00. The molecule has 24 heavy (non-hydrogen) atoms. The number of allylic oxidation sites excluding steroid dienone is 2. The number of halogens is 1. The number of para-hydroxylation sites is 2. The van der Waals surface area contributed by atoms with E-state index in [1.165, 1.54) is 11.6 Å². The van der Waals surface area contributed by atoms with Crippen LogP contribution in [0.15, 0.2) is 66.3 Å². The molecule has 2 aromatic rings. The van der Waals surface area contributed by atoms with Crippen LogP contribution in [-0.2, 0) is 11.2 Å². The maximum atomic E-state index is 12.2. The van der Waals surface area contributed by atoms with Crippen LogP contribution in [0.1, 0.15) is 17.5 Å². The molecule has 0 radical (unpaired) electrons. The molecule has 1 amide bonds. The first-order valence-corrected chi connectivity index (χ1v) is 8.16. The third-order valence-corrected chi connectivity index (χ3v) is 4.45. The number of rotatable bonds is 4. The molecule has 1 aliphatic rings. The van der Waals surface area contributed by atoms with Crippen LogP contribution in [0.3, 0.4) is 0 Å². The Morgan fingerprint density at radius 1 is 1.12 bits per heavy atom. The number of amides is 1. The van der Waals surface area contributed by atoms with Crippen LogP contribution < -0.4 is 10.1 Å². The fourth-order valence-electron chi connectivity index (χ4n) is 2.76. The molecule has 122 valence electrons. The highest BCUT2D eigenvalue weighted by Crippen LogP contribution is 2.34. The van der Waals surface area contributed by atoms with Crippen molar-refractivity contribution in [1.29, 1.82) is 0 Å². The summed E-state index contributed by atoms with van der Waals surface area (Å²) in [4.78, 5) is 12.2. The summed E-state index contributed by atoms with van der Waals surface area (Å²) in [5.74, 6) is 0.415. The van der Waals surface area contributed by atoms with Gasteiger partial charge in [-0.25, -0.2) is 0 Å². The van der Waals surface area contributed by atoms with Gasteiger partial charge >= 0.3 is 0 Å². The number of hydrogen-bond acceptors (Lipinski definition) is 2. The zero-order chi connectivity index (χ0) is 16.9. The lowest BCUT2D eigenvalue weighted by Gasteiger charge is -2.17. The van der Waals surface area contributed by atoms with Gasteiger partial charge in [0.2, 0.25) is 5.91 Å². The van der Waals surface area contributed by atoms with E-state index < -0.39 is 0 Å². The number of aryl methyl sites for hydroxylation is 1. The fraction of sp³-hybridized carbons (Fsp3) is 0.150. The van der Waals surface area contributed by atoms with Gasteiger partial charge in [-0.15, -0.1) is 0 Å². The Hall–Kier alpha value is -2.52. The van der Waals surface area contributed by atoms with Crippen LogP contribution in [0, 0.1) is 0 Å². The number of nitrogens with one attached hydrogen (secondary N) is 1. The lowest BCUT2D eigenvalue weighted by Crippen LogP contribution is -2.09. The van der Waals surface area contributed by atoms with Gasteiger partial charge in [-0.1, -0.05) is 54.1 Å². The zero-order valence-corrected chi connectivity index (χ0v) is 14.1. The summed E-state index contributed by atoms with van der Waals surface area (Å²) in [6, 6.07) is 15.4. The minimum Gasteiger partial charge on any atom is -0.495 e. The predicted octanol–water partition coefficient (Wildman–Crippen LogP) is 4.79. The molecular formula is C20H18ClNO2. The second kappa shape index (κ2) is 7.37. The highest BCUT2D eigenvalue weighted by atomic mass is 35.5. The minimum absolute atomic E-state index is 0.213. The van der Waals surface area contributed by atoms with Gasteiger partial charge in [-0.05, 0) is 41.7 Å². The summed E-state index contributed by atoms with van der Waals surface area (Å²) in [7, 11) is 1.57. The molecule has 0 aromatic heterocycles. The van der Waals surface area contributed by atoms with Crippen LogP contribution in [0.4, 0.5) is 5.69 Å². The van der Waals surface area contributed by atoms with Gasteiger partial charge in [0.25, 0.3) is 0 Å². The maximum Gasteiger partial charge on any atom is 0.248 e. The van der Waals surface area contributed by atoms with E-state index in [4.69, 9.17) is 16.3 Å². The Morgan fingerprint density at radius 3 is 2.71 bits per heavy atom. The first kappa shape index (κ1) is 16.3. The Morgan fingerprint density at radius 2 is 1.88 bits per heavy atom. The summed E-state index contributed by atoms with van der Waals surface area (Å²) in [6.07, 6.45) is 5.07. The lowest BCUT2D eigenvalue weighted by molar-refractivity contribution is -0.111. The van der Waals surface area contributed by atoms with E-state index in [1.54, 1.807) is 25.3 Å². The normalized spacial score (nSPS) is 13.8. The van der Waals surface area contributed by atoms with Crippen molar-refractivity contribution < 1.29 is 9.53 Å². The molecule has 2 aromatic carbocycles. The second-order valence-electron chi connectivity index (χ2n) is 5.52. The molecule has 0 saturated heterocycles. The lowest BCUT2D eigenvalue weighted by atomic mass is 9.92. The van der Waals surface area contributed by atoms with Crippen molar-refractivity contribution >= 4 is 28.2 Å². The molecule has 3 rings (SSSR count). The molecule has 0 fully saturated rings. The van der Waals surface area contributed by atoms with Gasteiger partial charge in [-0.3, -0.25) is 4.79 Å². The number of ether oxygens (including phenoxy) is 1. The Balaban J connectivity index is 1.75. The molecule has 0 atom stereocenters. The summed E-state index contributed by atoms with van der Waals surface area (Å²) in [6.45, 7) is 0. The number of benzene rings is 2. The van der Waals surface area contributed by atoms with Crippen molar-refractivity contribution in [2.75, 3.05) is 12.4 Å². The molecule has 3 nitrogen and oxygen atoms in total. The monoisotopic (exact) mass is 339 g/mol. The van der Waals surface area contributed by atoms with Crippen molar-refractivity contribution in [2.24, 2.45) is 0 Å². The molecule has 0 spiro atoms. The Kier molecular flexibility index (Phi) is 5.02. The van der Waals surface area contributed by atoms with E-state index in [9.17, 15) is 4.79 Å². The molecule has 1 N–H and O–H groups in total. The van der Waals surface area contributed by atoms with Crippen molar-refractivity contribution in [1.82, 2.24) is 0 Å². The van der Waals surface area contributed by atoms with Crippen molar-refractivity contribution in [2.45, 2.75) is 12.8 Å².